The first kappa shape index (κ1) is 55.3. The average Bonchev–Trinajstić information content (AvgIpc) is 4.18. The number of nitrogens with zero attached hydrogens (tertiary/aromatic N) is 6. The standard InChI is InChI=1S/C61H71IN6O8S2/c1-61(2,60(70)76-43-74-58-22-18-45-16-20-47(40-51(45)64-58)72-36-8-6-26-66-29-33-68(34-30-66)53-12-10-14-55-49(53)24-38-78-55)56(62(3)4)41-59(69)75-42-73-57-21-17-44-15-19-46(39-50(44)63-57)71-35-7-5-25-65-27-31-67(32-28-65)52-11-9-13-54-48(52)23-37-77-54/h9-24,37-40,56H,5-8,25-36,41-43H2,1-4H3. The monoisotopic (exact) mass is 1210 g/mol. The predicted octanol–water partition coefficient (Wildman–Crippen LogP) is 12.2. The minimum atomic E-state index is -1.79. The van der Waals surface area contributed by atoms with Crippen molar-refractivity contribution < 1.29 is 38.0 Å². The van der Waals surface area contributed by atoms with Gasteiger partial charge in [-0.15, -0.1) is 22.7 Å². The second-order valence-electron chi connectivity index (χ2n) is 20.7. The van der Waals surface area contributed by atoms with Crippen LogP contribution in [0.3, 0.4) is 0 Å². The number of rotatable bonds is 25. The quantitative estimate of drug-likeness (QED) is 0.0177. The van der Waals surface area contributed by atoms with Gasteiger partial charge in [0.15, 0.2) is 0 Å². The zero-order chi connectivity index (χ0) is 53.8. The van der Waals surface area contributed by atoms with Crippen LogP contribution in [0.5, 0.6) is 23.3 Å². The van der Waals surface area contributed by atoms with Gasteiger partial charge in [-0.25, -0.2) is 0 Å². The van der Waals surface area contributed by atoms with Gasteiger partial charge in [0.2, 0.25) is 0 Å². The molecule has 0 aliphatic carbocycles. The Bertz CT molecular complexity index is 3280. The number of alkyl halides is 3. The molecular weight excluding hydrogens is 1140 g/mol. The molecule has 0 spiro atoms. The van der Waals surface area contributed by atoms with Crippen molar-refractivity contribution in [2.45, 2.75) is 49.9 Å². The number of unbranched alkanes of at least 4 members (excludes halogenated alkanes) is 2. The number of pyridine rings is 2. The maximum absolute atomic E-state index is 13.6. The fourth-order valence-electron chi connectivity index (χ4n) is 10.5. The van der Waals surface area contributed by atoms with E-state index in [2.05, 4.69) is 98.7 Å². The first-order valence-corrected chi connectivity index (χ1v) is 34.4. The van der Waals surface area contributed by atoms with Crippen LogP contribution in [0.1, 0.15) is 46.0 Å². The Labute approximate surface area is 472 Å². The van der Waals surface area contributed by atoms with Crippen molar-refractivity contribution in [3.8, 4) is 23.3 Å². The second kappa shape index (κ2) is 26.3. The molecule has 4 aromatic heterocycles. The molecule has 0 amide bonds. The Kier molecular flexibility index (Phi) is 18.7. The van der Waals surface area contributed by atoms with Gasteiger partial charge in [-0.05, 0) is 85.9 Å². The summed E-state index contributed by atoms with van der Waals surface area (Å²) >= 11 is 1.82. The summed E-state index contributed by atoms with van der Waals surface area (Å²) in [5, 5.41) is 8.97. The molecule has 0 N–H and O–H groups in total. The molecule has 78 heavy (non-hydrogen) atoms. The van der Waals surface area contributed by atoms with Crippen molar-refractivity contribution in [3.63, 3.8) is 0 Å². The van der Waals surface area contributed by atoms with Crippen LogP contribution >= 0.6 is 42.5 Å². The number of piperazine rings is 2. The Hall–Kier alpha value is -5.99. The van der Waals surface area contributed by atoms with Crippen LogP contribution in [0.4, 0.5) is 11.4 Å². The zero-order valence-electron chi connectivity index (χ0n) is 45.2. The third-order valence-electron chi connectivity index (χ3n) is 14.9. The number of esters is 2. The van der Waals surface area contributed by atoms with E-state index in [1.54, 1.807) is 34.8 Å². The number of anilines is 2. The van der Waals surface area contributed by atoms with E-state index in [4.69, 9.17) is 28.4 Å². The summed E-state index contributed by atoms with van der Waals surface area (Å²) in [6.07, 6.45) is 4.11. The summed E-state index contributed by atoms with van der Waals surface area (Å²) in [7, 11) is 0. The molecule has 2 saturated heterocycles. The number of hydrogen-bond acceptors (Lipinski definition) is 16. The van der Waals surface area contributed by atoms with Crippen molar-refractivity contribution in [1.29, 1.82) is 0 Å². The number of benzene rings is 4. The molecule has 6 heterocycles. The third-order valence-corrected chi connectivity index (χ3v) is 21.7. The molecule has 1 atom stereocenters. The maximum atomic E-state index is 13.6. The Morgan fingerprint density at radius 1 is 0.577 bits per heavy atom. The van der Waals surface area contributed by atoms with E-state index in [0.29, 0.717) is 25.0 Å². The van der Waals surface area contributed by atoms with E-state index in [1.165, 1.54) is 31.5 Å². The molecule has 2 fully saturated rings. The molecule has 17 heteroatoms. The molecule has 8 aromatic rings. The first-order chi connectivity index (χ1) is 38.0. The van der Waals surface area contributed by atoms with E-state index in [-0.39, 0.29) is 23.9 Å². The summed E-state index contributed by atoms with van der Waals surface area (Å²) in [4.78, 5) is 50.6. The number of ether oxygens (including phenoxy) is 6. The number of halogens is 1. The zero-order valence-corrected chi connectivity index (χ0v) is 49.0. The van der Waals surface area contributed by atoms with Crippen molar-refractivity contribution in [3.05, 3.63) is 120 Å². The SMILES string of the molecule is CI(C)C(CC(=O)OCOc1ccc2ccc(OCCCCN3CCN(c4cccc5sccc45)CC3)cc2n1)C(C)(C)C(=O)OCOc1ccc2ccc(OCCCCN3CCN(c4cccc5sccc45)CC3)cc2n1. The van der Waals surface area contributed by atoms with Gasteiger partial charge in [-0.3, -0.25) is 9.80 Å². The van der Waals surface area contributed by atoms with E-state index in [0.717, 1.165) is 124 Å². The van der Waals surface area contributed by atoms with Crippen LogP contribution in [0.2, 0.25) is 0 Å². The number of fused-ring (bicyclic) bond motifs is 4. The molecule has 0 radical (unpaired) electrons. The summed E-state index contributed by atoms with van der Waals surface area (Å²) in [6, 6.07) is 36.8. The van der Waals surface area contributed by atoms with Gasteiger partial charge in [0.25, 0.3) is 0 Å². The molecule has 0 bridgehead atoms. The van der Waals surface area contributed by atoms with Crippen LogP contribution in [0.25, 0.3) is 42.0 Å². The molecule has 10 rings (SSSR count). The van der Waals surface area contributed by atoms with Gasteiger partial charge in [0.1, 0.15) is 0 Å². The van der Waals surface area contributed by atoms with E-state index in [9.17, 15) is 9.59 Å². The molecular formula is C61H71IN6O8S2. The Morgan fingerprint density at radius 2 is 1.05 bits per heavy atom. The van der Waals surface area contributed by atoms with Crippen molar-refractivity contribution >= 4 is 108 Å². The minimum absolute atomic E-state index is 0.0574. The normalized spacial score (nSPS) is 15.2. The summed E-state index contributed by atoms with van der Waals surface area (Å²) < 4.78 is 37.6. The van der Waals surface area contributed by atoms with Crippen LogP contribution in [0.15, 0.2) is 120 Å². The van der Waals surface area contributed by atoms with Gasteiger partial charge in [0, 0.05) is 83.9 Å². The number of carbonyl (C=O) groups excluding carboxylic acids is 2. The predicted molar refractivity (Wildman–Crippen MR) is 325 cm³/mol. The van der Waals surface area contributed by atoms with Crippen molar-refractivity contribution in [1.82, 2.24) is 19.8 Å². The molecule has 412 valence electrons. The molecule has 4 aromatic carbocycles. The molecule has 2 aliphatic heterocycles. The van der Waals surface area contributed by atoms with Gasteiger partial charge < -0.3 is 9.80 Å². The van der Waals surface area contributed by atoms with Crippen molar-refractivity contribution in [2.24, 2.45) is 5.41 Å². The van der Waals surface area contributed by atoms with Gasteiger partial charge in [0.05, 0.1) is 13.2 Å². The number of hydrogen-bond donors (Lipinski definition) is 0. The van der Waals surface area contributed by atoms with Crippen LogP contribution < -0.4 is 28.7 Å². The number of aromatic nitrogens is 2. The topological polar surface area (TPSA) is 128 Å². The first-order valence-electron chi connectivity index (χ1n) is 27.1. The summed E-state index contributed by atoms with van der Waals surface area (Å²) in [6.45, 7) is 14.8. The molecule has 0 saturated carbocycles. The molecule has 14 nitrogen and oxygen atoms in total. The van der Waals surface area contributed by atoms with Gasteiger partial charge >= 0.3 is 239 Å². The third kappa shape index (κ3) is 14.1. The fourth-order valence-corrected chi connectivity index (χ4v) is 16.7. The Balaban J connectivity index is 0.606. The number of thiophene rings is 2. The summed E-state index contributed by atoms with van der Waals surface area (Å²) in [5.41, 5.74) is 3.18. The van der Waals surface area contributed by atoms with E-state index < -0.39 is 37.2 Å². The van der Waals surface area contributed by atoms with Crippen LogP contribution in [-0.4, -0.2) is 138 Å². The Morgan fingerprint density at radius 3 is 1.54 bits per heavy atom. The second-order valence-corrected chi connectivity index (χ2v) is 28.7. The van der Waals surface area contributed by atoms with E-state index >= 15 is 0 Å². The van der Waals surface area contributed by atoms with Crippen LogP contribution in [-0.2, 0) is 19.1 Å². The summed E-state index contributed by atoms with van der Waals surface area (Å²) in [5.74, 6) is 1.25. The number of carbonyl (C=O) groups is 2. The van der Waals surface area contributed by atoms with Crippen molar-refractivity contribution in [2.75, 3.05) is 112 Å². The average molecular weight is 1210 g/mol. The van der Waals surface area contributed by atoms with Gasteiger partial charge in [-0.2, -0.15) is 0 Å². The van der Waals surface area contributed by atoms with E-state index in [1.807, 2.05) is 62.4 Å². The van der Waals surface area contributed by atoms with Crippen LogP contribution in [0, 0.1) is 5.41 Å². The molecule has 1 unspecified atom stereocenters. The molecule has 2 aliphatic rings. The van der Waals surface area contributed by atoms with Gasteiger partial charge in [-0.1, -0.05) is 12.1 Å². The fraction of sp³-hybridized carbons (Fsp3) is 0.410.